The number of aryl methyl sites for hydroxylation is 1. The van der Waals surface area contributed by atoms with Gasteiger partial charge in [-0.05, 0) is 55.7 Å². The molecule has 1 atom stereocenters. The van der Waals surface area contributed by atoms with Gasteiger partial charge in [-0.25, -0.2) is 0 Å². The van der Waals surface area contributed by atoms with Crippen molar-refractivity contribution in [2.45, 2.75) is 39.5 Å². The third kappa shape index (κ3) is 4.69. The van der Waals surface area contributed by atoms with Crippen LogP contribution in [-0.4, -0.2) is 12.0 Å². The lowest BCUT2D eigenvalue weighted by molar-refractivity contribution is -0.137. The molecule has 0 fully saturated rings. The molecule has 2 aromatic rings. The average molecular weight is 386 g/mol. The fourth-order valence-electron chi connectivity index (χ4n) is 2.34. The van der Waals surface area contributed by atoms with Crippen LogP contribution in [-0.2, 0) is 11.0 Å². The van der Waals surface area contributed by atoms with Crippen LogP contribution >= 0.6 is 11.6 Å². The largest absolute Gasteiger partial charge is 0.480 e. The summed E-state index contributed by atoms with van der Waals surface area (Å²) in [5, 5.41) is 2.45. The van der Waals surface area contributed by atoms with Crippen LogP contribution in [0.5, 0.6) is 5.75 Å². The van der Waals surface area contributed by atoms with Gasteiger partial charge in [0.25, 0.3) is 5.91 Å². The first-order valence-corrected chi connectivity index (χ1v) is 8.41. The lowest BCUT2D eigenvalue weighted by atomic mass is 10.1. The summed E-state index contributed by atoms with van der Waals surface area (Å²) in [6, 6.07) is 8.26. The number of amides is 1. The molecule has 0 spiro atoms. The summed E-state index contributed by atoms with van der Waals surface area (Å²) in [5.74, 6) is -0.00299. The monoisotopic (exact) mass is 385 g/mol. The second kappa shape index (κ2) is 7.99. The number of rotatable bonds is 5. The molecule has 26 heavy (non-hydrogen) atoms. The summed E-state index contributed by atoms with van der Waals surface area (Å²) in [6.07, 6.45) is -5.04. The minimum absolute atomic E-state index is 0.0212. The fraction of sp³-hybridized carbons (Fsp3) is 0.316. The molecular weight excluding hydrogens is 367 g/mol. The number of alkyl halides is 3. The van der Waals surface area contributed by atoms with Crippen molar-refractivity contribution < 1.29 is 22.7 Å². The van der Waals surface area contributed by atoms with Gasteiger partial charge in [-0.3, -0.25) is 4.79 Å². The van der Waals surface area contributed by atoms with Gasteiger partial charge < -0.3 is 10.1 Å². The molecule has 0 aliphatic heterocycles. The Morgan fingerprint density at radius 3 is 2.54 bits per heavy atom. The van der Waals surface area contributed by atoms with E-state index in [2.05, 4.69) is 5.32 Å². The standard InChI is InChI=1S/C19H19ClF3NO2/c1-4-16(26-17-7-5-6-11(2)12(17)3)18(25)24-15-10-13(19(21,22)23)8-9-14(15)20/h5-10,16H,4H2,1-3H3,(H,24,25). The third-order valence-electron chi connectivity index (χ3n) is 4.04. The predicted octanol–water partition coefficient (Wildman–Crippen LogP) is 5.77. The quantitative estimate of drug-likeness (QED) is 0.709. The van der Waals surface area contributed by atoms with Gasteiger partial charge in [0.05, 0.1) is 16.3 Å². The van der Waals surface area contributed by atoms with E-state index in [1.165, 1.54) is 0 Å². The second-order valence-corrected chi connectivity index (χ2v) is 6.30. The number of carbonyl (C=O) groups excluding carboxylic acids is 1. The number of hydrogen-bond acceptors (Lipinski definition) is 2. The van der Waals surface area contributed by atoms with E-state index in [1.807, 2.05) is 26.0 Å². The normalized spacial score (nSPS) is 12.6. The lowest BCUT2D eigenvalue weighted by Gasteiger charge is -2.20. The molecule has 140 valence electrons. The molecule has 0 saturated carbocycles. The van der Waals surface area contributed by atoms with E-state index in [0.717, 1.165) is 29.3 Å². The summed E-state index contributed by atoms with van der Waals surface area (Å²) >= 11 is 5.92. The van der Waals surface area contributed by atoms with E-state index >= 15 is 0 Å². The highest BCUT2D eigenvalue weighted by Crippen LogP contribution is 2.34. The van der Waals surface area contributed by atoms with Crippen molar-refractivity contribution in [3.8, 4) is 5.75 Å². The van der Waals surface area contributed by atoms with Crippen molar-refractivity contribution in [1.82, 2.24) is 0 Å². The van der Waals surface area contributed by atoms with Crippen molar-refractivity contribution in [3.63, 3.8) is 0 Å². The zero-order valence-corrected chi connectivity index (χ0v) is 15.3. The molecule has 1 unspecified atom stereocenters. The predicted molar refractivity (Wildman–Crippen MR) is 95.7 cm³/mol. The number of nitrogens with one attached hydrogen (secondary N) is 1. The smallest absolute Gasteiger partial charge is 0.416 e. The van der Waals surface area contributed by atoms with Crippen LogP contribution in [0.25, 0.3) is 0 Å². The molecule has 0 bridgehead atoms. The van der Waals surface area contributed by atoms with Crippen molar-refractivity contribution in [2.24, 2.45) is 0 Å². The molecule has 0 aliphatic carbocycles. The Hall–Kier alpha value is -2.21. The van der Waals surface area contributed by atoms with Crippen LogP contribution in [0.3, 0.4) is 0 Å². The second-order valence-electron chi connectivity index (χ2n) is 5.89. The van der Waals surface area contributed by atoms with Crippen LogP contribution in [0, 0.1) is 13.8 Å². The first kappa shape index (κ1) is 20.1. The summed E-state index contributed by atoms with van der Waals surface area (Å²) in [5.41, 5.74) is 0.921. The Morgan fingerprint density at radius 1 is 1.23 bits per heavy atom. The summed E-state index contributed by atoms with van der Waals surface area (Å²) in [4.78, 5) is 12.5. The Kier molecular flexibility index (Phi) is 6.18. The van der Waals surface area contributed by atoms with Crippen LogP contribution in [0.15, 0.2) is 36.4 Å². The molecule has 1 N–H and O–H groups in total. The van der Waals surface area contributed by atoms with Crippen molar-refractivity contribution in [3.05, 3.63) is 58.1 Å². The first-order valence-electron chi connectivity index (χ1n) is 8.04. The summed E-state index contributed by atoms with van der Waals surface area (Å²) in [6.45, 7) is 5.55. The van der Waals surface area contributed by atoms with Crippen LogP contribution < -0.4 is 10.1 Å². The van der Waals surface area contributed by atoms with Gasteiger partial charge in [-0.15, -0.1) is 0 Å². The number of ether oxygens (including phenoxy) is 1. The minimum Gasteiger partial charge on any atom is -0.480 e. The van der Waals surface area contributed by atoms with Gasteiger partial charge in [0.2, 0.25) is 0 Å². The number of hydrogen-bond donors (Lipinski definition) is 1. The van der Waals surface area contributed by atoms with Crippen molar-refractivity contribution >= 4 is 23.2 Å². The van der Waals surface area contributed by atoms with E-state index in [9.17, 15) is 18.0 Å². The molecule has 2 aromatic carbocycles. The molecule has 0 radical (unpaired) electrons. The minimum atomic E-state index is -4.52. The van der Waals surface area contributed by atoms with Crippen LogP contribution in [0.1, 0.15) is 30.0 Å². The molecule has 0 saturated heterocycles. The van der Waals surface area contributed by atoms with Gasteiger partial charge in [0.15, 0.2) is 6.10 Å². The molecule has 1 amide bonds. The van der Waals surface area contributed by atoms with Crippen molar-refractivity contribution in [2.75, 3.05) is 5.32 Å². The Balaban J connectivity index is 2.21. The van der Waals surface area contributed by atoms with E-state index in [0.29, 0.717) is 12.2 Å². The molecule has 3 nitrogen and oxygen atoms in total. The molecule has 0 heterocycles. The van der Waals surface area contributed by atoms with Crippen LogP contribution in [0.2, 0.25) is 5.02 Å². The molecule has 7 heteroatoms. The first-order chi connectivity index (χ1) is 12.1. The lowest BCUT2D eigenvalue weighted by Crippen LogP contribution is -2.32. The Labute approximate surface area is 155 Å². The highest BCUT2D eigenvalue weighted by atomic mass is 35.5. The maximum Gasteiger partial charge on any atom is 0.416 e. The zero-order valence-electron chi connectivity index (χ0n) is 14.6. The number of benzene rings is 2. The van der Waals surface area contributed by atoms with Gasteiger partial charge in [0, 0.05) is 0 Å². The maximum absolute atomic E-state index is 12.9. The van der Waals surface area contributed by atoms with Crippen molar-refractivity contribution in [1.29, 1.82) is 0 Å². The molecular formula is C19H19ClF3NO2. The highest BCUT2D eigenvalue weighted by Gasteiger charge is 2.31. The molecule has 0 aliphatic rings. The highest BCUT2D eigenvalue weighted by molar-refractivity contribution is 6.33. The Morgan fingerprint density at radius 2 is 1.92 bits per heavy atom. The number of halogens is 4. The van der Waals surface area contributed by atoms with Gasteiger partial charge in [-0.2, -0.15) is 13.2 Å². The molecule has 2 rings (SSSR count). The third-order valence-corrected chi connectivity index (χ3v) is 4.37. The van der Waals surface area contributed by atoms with E-state index < -0.39 is 23.8 Å². The number of carbonyl (C=O) groups is 1. The topological polar surface area (TPSA) is 38.3 Å². The molecule has 0 aromatic heterocycles. The van der Waals surface area contributed by atoms with E-state index in [4.69, 9.17) is 16.3 Å². The fourth-order valence-corrected chi connectivity index (χ4v) is 2.50. The summed E-state index contributed by atoms with van der Waals surface area (Å²) in [7, 11) is 0. The number of anilines is 1. The van der Waals surface area contributed by atoms with Crippen LogP contribution in [0.4, 0.5) is 18.9 Å². The summed E-state index contributed by atoms with van der Waals surface area (Å²) < 4.78 is 44.3. The van der Waals surface area contributed by atoms with Gasteiger partial charge >= 0.3 is 6.18 Å². The Bertz CT molecular complexity index is 806. The van der Waals surface area contributed by atoms with E-state index in [1.54, 1.807) is 13.0 Å². The average Bonchev–Trinajstić information content (AvgIpc) is 2.57. The van der Waals surface area contributed by atoms with E-state index in [-0.39, 0.29) is 10.7 Å². The maximum atomic E-state index is 12.9. The zero-order chi connectivity index (χ0) is 19.5. The SMILES string of the molecule is CCC(Oc1cccc(C)c1C)C(=O)Nc1cc(C(F)(F)F)ccc1Cl. The van der Waals surface area contributed by atoms with Gasteiger partial charge in [-0.1, -0.05) is 30.7 Å². The van der Waals surface area contributed by atoms with Gasteiger partial charge in [0.1, 0.15) is 5.75 Å².